The summed E-state index contributed by atoms with van der Waals surface area (Å²) in [5, 5.41) is 5.13. The fourth-order valence-corrected chi connectivity index (χ4v) is 1.75. The minimum Gasteiger partial charge on any atom is -0.387 e. The molecule has 0 saturated carbocycles. The third-order valence-electron chi connectivity index (χ3n) is 3.17. The Hall–Kier alpha value is -1.72. The zero-order valence-electron chi connectivity index (χ0n) is 11.8. The lowest BCUT2D eigenvalue weighted by Crippen LogP contribution is -2.29. The molecule has 0 spiro atoms. The molecule has 0 aromatic heterocycles. The Morgan fingerprint density at radius 3 is 2.50 bits per heavy atom. The molecule has 0 aliphatic heterocycles. The maximum atomic E-state index is 12.9. The zero-order valence-corrected chi connectivity index (χ0v) is 11.8. The first-order valence-electron chi connectivity index (χ1n) is 6.47. The molecule has 2 N–H and O–H groups in total. The number of amides is 1. The molecule has 0 fully saturated rings. The number of hydrogen-bond acceptors (Lipinski definition) is 2. The molecule has 3 nitrogen and oxygen atoms in total. The van der Waals surface area contributed by atoms with Crippen LogP contribution in [0.15, 0.2) is 18.2 Å². The molecule has 20 heavy (non-hydrogen) atoms. The van der Waals surface area contributed by atoms with Crippen LogP contribution in [-0.2, 0) is 6.18 Å². The van der Waals surface area contributed by atoms with Crippen molar-refractivity contribution < 1.29 is 18.0 Å². The number of anilines is 1. The normalized spacial score (nSPS) is 12.9. The van der Waals surface area contributed by atoms with Crippen LogP contribution < -0.4 is 10.6 Å². The van der Waals surface area contributed by atoms with Crippen LogP contribution in [0, 0.1) is 5.92 Å². The first-order valence-corrected chi connectivity index (χ1v) is 6.47. The first-order chi connectivity index (χ1) is 9.31. The molecule has 0 heterocycles. The molecule has 1 aromatic carbocycles. The Labute approximate surface area is 116 Å². The van der Waals surface area contributed by atoms with Gasteiger partial charge < -0.3 is 10.6 Å². The van der Waals surface area contributed by atoms with E-state index in [1.165, 1.54) is 19.2 Å². The van der Waals surface area contributed by atoms with Gasteiger partial charge in [-0.3, -0.25) is 4.79 Å². The molecule has 0 bridgehead atoms. The second-order valence-electron chi connectivity index (χ2n) is 4.70. The maximum Gasteiger partial charge on any atom is 0.418 e. The Kier molecular flexibility index (Phi) is 5.42. The van der Waals surface area contributed by atoms with Crippen LogP contribution in [-0.4, -0.2) is 19.5 Å². The summed E-state index contributed by atoms with van der Waals surface area (Å²) < 4.78 is 38.6. The second kappa shape index (κ2) is 6.63. The molecule has 6 heteroatoms. The molecule has 1 rings (SSSR count). The predicted octanol–water partition coefficient (Wildman–Crippen LogP) is 3.52. The molecule has 0 aliphatic rings. The van der Waals surface area contributed by atoms with Crippen molar-refractivity contribution in [3.8, 4) is 0 Å². The molecule has 1 atom stereocenters. The lowest BCUT2D eigenvalue weighted by molar-refractivity contribution is -0.136. The minimum absolute atomic E-state index is 0.00521. The van der Waals surface area contributed by atoms with Gasteiger partial charge in [0.05, 0.1) is 16.8 Å². The molecule has 1 aromatic rings. The number of carbonyl (C=O) groups excluding carboxylic acids is 1. The van der Waals surface area contributed by atoms with Gasteiger partial charge in [0, 0.05) is 13.6 Å². The number of para-hydroxylation sites is 1. The summed E-state index contributed by atoms with van der Waals surface area (Å²) in [6.45, 7) is 4.39. The summed E-state index contributed by atoms with van der Waals surface area (Å²) in [6, 6.07) is 3.58. The molecular formula is C14H19F3N2O. The molecule has 0 saturated heterocycles. The van der Waals surface area contributed by atoms with Crippen LogP contribution in [0.3, 0.4) is 0 Å². The number of halogens is 3. The van der Waals surface area contributed by atoms with Crippen molar-refractivity contribution in [2.45, 2.75) is 26.4 Å². The standard InChI is InChI=1S/C14H19F3N2O/c1-4-9(2)8-19-13(20)10-6-5-7-11(12(10)18-3)14(15,16)17/h5-7,9,18H,4,8H2,1-3H3,(H,19,20). The van der Waals surface area contributed by atoms with Gasteiger partial charge in [-0.1, -0.05) is 26.3 Å². The van der Waals surface area contributed by atoms with Crippen LogP contribution in [0.2, 0.25) is 0 Å². The van der Waals surface area contributed by atoms with E-state index in [2.05, 4.69) is 10.6 Å². The van der Waals surface area contributed by atoms with Gasteiger partial charge in [-0.25, -0.2) is 0 Å². The summed E-state index contributed by atoms with van der Waals surface area (Å²) in [7, 11) is 1.37. The van der Waals surface area contributed by atoms with Crippen molar-refractivity contribution in [2.24, 2.45) is 5.92 Å². The lowest BCUT2D eigenvalue weighted by Gasteiger charge is -2.17. The van der Waals surface area contributed by atoms with Gasteiger partial charge in [0.25, 0.3) is 5.91 Å². The van der Waals surface area contributed by atoms with Crippen molar-refractivity contribution >= 4 is 11.6 Å². The monoisotopic (exact) mass is 288 g/mol. The number of nitrogens with one attached hydrogen (secondary N) is 2. The molecule has 1 unspecified atom stereocenters. The Balaban J connectivity index is 3.03. The smallest absolute Gasteiger partial charge is 0.387 e. The van der Waals surface area contributed by atoms with Gasteiger partial charge in [-0.15, -0.1) is 0 Å². The second-order valence-corrected chi connectivity index (χ2v) is 4.70. The summed E-state index contributed by atoms with van der Waals surface area (Å²) in [4.78, 5) is 12.0. The summed E-state index contributed by atoms with van der Waals surface area (Å²) >= 11 is 0. The van der Waals surface area contributed by atoms with Crippen LogP contribution in [0.25, 0.3) is 0 Å². The number of hydrogen-bond donors (Lipinski definition) is 2. The van der Waals surface area contributed by atoms with Crippen molar-refractivity contribution in [3.05, 3.63) is 29.3 Å². The van der Waals surface area contributed by atoms with E-state index in [1.807, 2.05) is 13.8 Å². The average Bonchev–Trinajstić information content (AvgIpc) is 2.42. The Morgan fingerprint density at radius 1 is 1.35 bits per heavy atom. The third kappa shape index (κ3) is 3.88. The van der Waals surface area contributed by atoms with E-state index in [4.69, 9.17) is 0 Å². The maximum absolute atomic E-state index is 12.9. The van der Waals surface area contributed by atoms with Gasteiger partial charge in [-0.2, -0.15) is 13.2 Å². The van der Waals surface area contributed by atoms with E-state index < -0.39 is 17.6 Å². The number of rotatable bonds is 5. The third-order valence-corrected chi connectivity index (χ3v) is 3.17. The van der Waals surface area contributed by atoms with E-state index in [1.54, 1.807) is 0 Å². The number of alkyl halides is 3. The molecule has 112 valence electrons. The van der Waals surface area contributed by atoms with Crippen molar-refractivity contribution in [2.75, 3.05) is 18.9 Å². The fourth-order valence-electron chi connectivity index (χ4n) is 1.75. The quantitative estimate of drug-likeness (QED) is 0.870. The Morgan fingerprint density at radius 2 is 2.00 bits per heavy atom. The van der Waals surface area contributed by atoms with Crippen LogP contribution >= 0.6 is 0 Å². The van der Waals surface area contributed by atoms with Gasteiger partial charge in [0.2, 0.25) is 0 Å². The summed E-state index contributed by atoms with van der Waals surface area (Å²) in [6.07, 6.45) is -3.60. The largest absolute Gasteiger partial charge is 0.418 e. The lowest BCUT2D eigenvalue weighted by atomic mass is 10.0. The predicted molar refractivity (Wildman–Crippen MR) is 72.8 cm³/mol. The molecule has 0 radical (unpaired) electrons. The van der Waals surface area contributed by atoms with Gasteiger partial charge in [0.1, 0.15) is 0 Å². The van der Waals surface area contributed by atoms with Gasteiger partial charge in [0.15, 0.2) is 0 Å². The first kappa shape index (κ1) is 16.3. The van der Waals surface area contributed by atoms with Crippen molar-refractivity contribution in [3.63, 3.8) is 0 Å². The van der Waals surface area contributed by atoms with Crippen LogP contribution in [0.5, 0.6) is 0 Å². The highest BCUT2D eigenvalue weighted by Crippen LogP contribution is 2.36. The van der Waals surface area contributed by atoms with E-state index in [-0.39, 0.29) is 17.2 Å². The highest BCUT2D eigenvalue weighted by atomic mass is 19.4. The summed E-state index contributed by atoms with van der Waals surface area (Å²) in [5.41, 5.74) is -1.02. The zero-order chi connectivity index (χ0) is 15.3. The van der Waals surface area contributed by atoms with Crippen LogP contribution in [0.1, 0.15) is 36.2 Å². The SMILES string of the molecule is CCC(C)CNC(=O)c1cccc(C(F)(F)F)c1NC. The van der Waals surface area contributed by atoms with E-state index in [0.29, 0.717) is 6.54 Å². The highest BCUT2D eigenvalue weighted by Gasteiger charge is 2.34. The number of carbonyl (C=O) groups is 1. The topological polar surface area (TPSA) is 41.1 Å². The van der Waals surface area contributed by atoms with Gasteiger partial charge >= 0.3 is 6.18 Å². The average molecular weight is 288 g/mol. The molecule has 1 amide bonds. The molecule has 0 aliphatic carbocycles. The van der Waals surface area contributed by atoms with Crippen molar-refractivity contribution in [1.82, 2.24) is 5.32 Å². The van der Waals surface area contributed by atoms with Gasteiger partial charge in [-0.05, 0) is 18.1 Å². The van der Waals surface area contributed by atoms with Crippen LogP contribution in [0.4, 0.5) is 18.9 Å². The van der Waals surface area contributed by atoms with Crippen molar-refractivity contribution in [1.29, 1.82) is 0 Å². The minimum atomic E-state index is -4.49. The van der Waals surface area contributed by atoms with E-state index in [9.17, 15) is 18.0 Å². The fraction of sp³-hybridized carbons (Fsp3) is 0.500. The van der Waals surface area contributed by atoms with E-state index in [0.717, 1.165) is 12.5 Å². The highest BCUT2D eigenvalue weighted by molar-refractivity contribution is 6.00. The number of benzene rings is 1. The summed E-state index contributed by atoms with van der Waals surface area (Å²) in [5.74, 6) is -0.219. The molecular weight excluding hydrogens is 269 g/mol. The Bertz CT molecular complexity index is 472. The van der Waals surface area contributed by atoms with E-state index >= 15 is 0 Å².